The molecule has 0 amide bonds. The molecule has 3 heteroatoms. The van der Waals surface area contributed by atoms with Gasteiger partial charge in [-0.15, -0.1) is 0 Å². The van der Waals surface area contributed by atoms with E-state index in [0.29, 0.717) is 0 Å². The van der Waals surface area contributed by atoms with Crippen molar-refractivity contribution in [3.05, 3.63) is 162 Å². The van der Waals surface area contributed by atoms with Gasteiger partial charge >= 0.3 is 0 Å². The molecule has 1 unspecified atom stereocenters. The minimum absolute atomic E-state index is 0.142. The van der Waals surface area contributed by atoms with Crippen LogP contribution in [0.3, 0.4) is 0 Å². The second-order valence-corrected chi connectivity index (χ2v) is 11.6. The number of pyridine rings is 1. The van der Waals surface area contributed by atoms with Gasteiger partial charge in [-0.05, 0) is 46.0 Å². The fourth-order valence-electron chi connectivity index (χ4n) is 7.64. The van der Waals surface area contributed by atoms with Gasteiger partial charge in [-0.25, -0.2) is 4.98 Å². The van der Waals surface area contributed by atoms with Gasteiger partial charge < -0.3 is 4.57 Å². The van der Waals surface area contributed by atoms with Crippen LogP contribution in [0.15, 0.2) is 146 Å². The summed E-state index contributed by atoms with van der Waals surface area (Å²) in [6.45, 7) is 0. The van der Waals surface area contributed by atoms with E-state index >= 15 is 0 Å². The first kappa shape index (κ1) is 23.0. The number of hydrogen-bond donors (Lipinski definition) is 0. The van der Waals surface area contributed by atoms with E-state index < -0.39 is 0 Å². The van der Waals surface area contributed by atoms with Crippen molar-refractivity contribution in [2.45, 2.75) is 5.92 Å². The fraction of sp³-hybridized carbons (Fsp3) is 0.0250. The van der Waals surface area contributed by atoms with Gasteiger partial charge in [-0.3, -0.25) is 4.40 Å². The molecule has 0 bridgehead atoms. The minimum atomic E-state index is 0.142. The molecule has 6 aromatic carbocycles. The van der Waals surface area contributed by atoms with E-state index in [9.17, 15) is 0 Å². The normalized spacial score (nSPS) is 14.3. The van der Waals surface area contributed by atoms with Crippen molar-refractivity contribution >= 4 is 49.3 Å². The molecule has 3 nitrogen and oxygen atoms in total. The van der Waals surface area contributed by atoms with E-state index in [2.05, 4.69) is 155 Å². The van der Waals surface area contributed by atoms with Crippen molar-refractivity contribution in [2.24, 2.45) is 0 Å². The summed E-state index contributed by atoms with van der Waals surface area (Å²) >= 11 is 0. The van der Waals surface area contributed by atoms with Gasteiger partial charge in [0.1, 0.15) is 5.65 Å². The smallest absolute Gasteiger partial charge is 0.145 e. The monoisotopic (exact) mass is 547 g/mol. The Morgan fingerprint density at radius 2 is 1.21 bits per heavy atom. The van der Waals surface area contributed by atoms with Crippen LogP contribution in [0.25, 0.3) is 66.1 Å². The van der Waals surface area contributed by atoms with Crippen LogP contribution < -0.4 is 0 Å². The van der Waals surface area contributed by atoms with Crippen LogP contribution in [0.2, 0.25) is 0 Å². The van der Waals surface area contributed by atoms with E-state index in [-0.39, 0.29) is 5.92 Å². The lowest BCUT2D eigenvalue weighted by atomic mass is 9.88. The second-order valence-electron chi connectivity index (χ2n) is 11.6. The van der Waals surface area contributed by atoms with Crippen molar-refractivity contribution in [2.75, 3.05) is 0 Å². The summed E-state index contributed by atoms with van der Waals surface area (Å²) in [6, 6.07) is 50.6. The van der Waals surface area contributed by atoms with Crippen molar-refractivity contribution < 1.29 is 0 Å². The third kappa shape index (κ3) is 3.01. The predicted molar refractivity (Wildman–Crippen MR) is 177 cm³/mol. The van der Waals surface area contributed by atoms with E-state index in [1.165, 1.54) is 55.0 Å². The van der Waals surface area contributed by atoms with Gasteiger partial charge in [0.15, 0.2) is 0 Å². The maximum absolute atomic E-state index is 5.08. The molecule has 0 fully saturated rings. The van der Waals surface area contributed by atoms with Crippen molar-refractivity contribution in [1.82, 2.24) is 14.0 Å². The van der Waals surface area contributed by atoms with E-state index in [4.69, 9.17) is 4.98 Å². The van der Waals surface area contributed by atoms with Gasteiger partial charge in [0, 0.05) is 33.7 Å². The first-order valence-corrected chi connectivity index (χ1v) is 14.9. The predicted octanol–water partition coefficient (Wildman–Crippen LogP) is 9.90. The summed E-state index contributed by atoms with van der Waals surface area (Å²) < 4.78 is 4.81. The van der Waals surface area contributed by atoms with Crippen LogP contribution in [-0.2, 0) is 0 Å². The van der Waals surface area contributed by atoms with Crippen LogP contribution in [0, 0.1) is 0 Å². The number of para-hydroxylation sites is 3. The summed E-state index contributed by atoms with van der Waals surface area (Å²) in [6.07, 6.45) is 2.30. The lowest BCUT2D eigenvalue weighted by Gasteiger charge is -2.19. The Morgan fingerprint density at radius 1 is 0.512 bits per heavy atom. The molecule has 9 aromatic rings. The SMILES string of the molecule is c1ccc(C2c3ccccc3-c3ccc4c5ccccc5n(-c5cn6c7ccccc7nc6c6ccccc56)c4c32)cc1. The van der Waals surface area contributed by atoms with Gasteiger partial charge in [0.05, 0.1) is 27.8 Å². The summed E-state index contributed by atoms with van der Waals surface area (Å²) in [7, 11) is 0. The lowest BCUT2D eigenvalue weighted by molar-refractivity contribution is 1.01. The molecule has 0 N–H and O–H groups in total. The Kier molecular flexibility index (Phi) is 4.50. The quantitative estimate of drug-likeness (QED) is 0.211. The highest BCUT2D eigenvalue weighted by atomic mass is 15.1. The maximum atomic E-state index is 5.08. The number of hydrogen-bond acceptors (Lipinski definition) is 1. The zero-order valence-corrected chi connectivity index (χ0v) is 23.3. The highest BCUT2D eigenvalue weighted by Gasteiger charge is 2.34. The Bertz CT molecular complexity index is 2570. The van der Waals surface area contributed by atoms with Gasteiger partial charge in [0.25, 0.3) is 0 Å². The molecule has 1 aliphatic carbocycles. The number of aromatic nitrogens is 3. The molecule has 0 saturated heterocycles. The van der Waals surface area contributed by atoms with Crippen LogP contribution >= 0.6 is 0 Å². The fourth-order valence-corrected chi connectivity index (χ4v) is 7.64. The molecule has 200 valence electrons. The Balaban J connectivity index is 1.43. The van der Waals surface area contributed by atoms with Gasteiger partial charge in [0.2, 0.25) is 0 Å². The highest BCUT2D eigenvalue weighted by molar-refractivity contribution is 6.14. The molecular weight excluding hydrogens is 522 g/mol. The third-order valence-electron chi connectivity index (χ3n) is 9.39. The van der Waals surface area contributed by atoms with Crippen LogP contribution in [0.5, 0.6) is 0 Å². The molecule has 1 aliphatic rings. The number of nitrogens with zero attached hydrogens (tertiary/aromatic N) is 3. The molecule has 1 atom stereocenters. The zero-order valence-electron chi connectivity index (χ0n) is 23.3. The van der Waals surface area contributed by atoms with Crippen molar-refractivity contribution in [1.29, 1.82) is 0 Å². The molecular formula is C40H25N3. The zero-order chi connectivity index (χ0) is 28.1. The number of imidazole rings is 1. The molecule has 0 saturated carbocycles. The van der Waals surface area contributed by atoms with Crippen LogP contribution in [0.4, 0.5) is 0 Å². The van der Waals surface area contributed by atoms with Crippen LogP contribution in [-0.4, -0.2) is 14.0 Å². The topological polar surface area (TPSA) is 22.2 Å². The Hall–Kier alpha value is -5.67. The van der Waals surface area contributed by atoms with E-state index in [1.54, 1.807) is 0 Å². The van der Waals surface area contributed by atoms with Crippen molar-refractivity contribution in [3.8, 4) is 16.8 Å². The standard InChI is InChI=1S/C40H25N3/c1-2-12-25(13-3-1)37-29-17-6-4-14-26(29)30-22-23-31-27-15-8-10-20-34(27)43(39(31)38(30)37)36-24-42-35-21-11-9-19-33(35)41-40(42)32-18-7-5-16-28(32)36/h1-24,37H. The Morgan fingerprint density at radius 3 is 2.09 bits per heavy atom. The average Bonchev–Trinajstić information content (AvgIpc) is 3.73. The summed E-state index contributed by atoms with van der Waals surface area (Å²) in [5.74, 6) is 0.142. The maximum Gasteiger partial charge on any atom is 0.145 e. The molecule has 0 aliphatic heterocycles. The van der Waals surface area contributed by atoms with E-state index in [1.807, 2.05) is 0 Å². The highest BCUT2D eigenvalue weighted by Crippen LogP contribution is 2.52. The first-order chi connectivity index (χ1) is 21.4. The average molecular weight is 548 g/mol. The molecule has 3 heterocycles. The minimum Gasteiger partial charge on any atom is -0.307 e. The summed E-state index contributed by atoms with van der Waals surface area (Å²) in [5, 5.41) is 4.89. The summed E-state index contributed by atoms with van der Waals surface area (Å²) in [4.78, 5) is 5.08. The van der Waals surface area contributed by atoms with Crippen molar-refractivity contribution in [3.63, 3.8) is 0 Å². The molecule has 10 rings (SSSR count). The Labute approximate surface area is 247 Å². The summed E-state index contributed by atoms with van der Waals surface area (Å²) in [5.41, 5.74) is 13.5. The first-order valence-electron chi connectivity index (χ1n) is 14.9. The van der Waals surface area contributed by atoms with E-state index in [0.717, 1.165) is 27.8 Å². The molecule has 0 radical (unpaired) electrons. The third-order valence-corrected chi connectivity index (χ3v) is 9.39. The molecule has 0 spiro atoms. The van der Waals surface area contributed by atoms with Gasteiger partial charge in [-0.2, -0.15) is 0 Å². The lowest BCUT2D eigenvalue weighted by Crippen LogP contribution is -2.04. The second kappa shape index (κ2) is 8.43. The molecule has 43 heavy (non-hydrogen) atoms. The number of rotatable bonds is 2. The number of fused-ring (bicyclic) bond motifs is 12. The van der Waals surface area contributed by atoms with Crippen LogP contribution in [0.1, 0.15) is 22.6 Å². The molecule has 3 aromatic heterocycles. The number of benzene rings is 6. The van der Waals surface area contributed by atoms with Gasteiger partial charge in [-0.1, -0.05) is 121 Å². The largest absolute Gasteiger partial charge is 0.307 e.